The summed E-state index contributed by atoms with van der Waals surface area (Å²) in [6.45, 7) is 5.55. The van der Waals surface area contributed by atoms with E-state index in [-0.39, 0.29) is 0 Å². The van der Waals surface area contributed by atoms with Crippen molar-refractivity contribution in [1.82, 2.24) is 5.32 Å². The van der Waals surface area contributed by atoms with Crippen molar-refractivity contribution >= 4 is 0 Å². The van der Waals surface area contributed by atoms with Gasteiger partial charge >= 0.3 is 0 Å². The summed E-state index contributed by atoms with van der Waals surface area (Å²) in [6.07, 6.45) is 5.28. The van der Waals surface area contributed by atoms with Gasteiger partial charge in [0.15, 0.2) is 0 Å². The molecule has 98 valence electrons. The average Bonchev–Trinajstić information content (AvgIpc) is 2.60. The van der Waals surface area contributed by atoms with Gasteiger partial charge < -0.3 is 10.4 Å². The van der Waals surface area contributed by atoms with E-state index in [0.717, 1.165) is 18.9 Å². The van der Waals surface area contributed by atoms with E-state index < -0.39 is 0 Å². The highest BCUT2D eigenvalue weighted by Crippen LogP contribution is 2.46. The minimum atomic E-state index is 0.357. The molecule has 1 aromatic carbocycles. The Hall–Kier alpha value is -1.02. The lowest BCUT2D eigenvalue weighted by atomic mass is 9.85. The number of phenolic OH excluding ortho intramolecular Hbond substituents is 1. The third kappa shape index (κ3) is 1.93. The molecule has 2 nitrogen and oxygen atoms in total. The van der Waals surface area contributed by atoms with Crippen LogP contribution in [-0.2, 0) is 0 Å². The molecule has 1 aromatic rings. The van der Waals surface area contributed by atoms with Crippen LogP contribution in [-0.4, -0.2) is 11.7 Å². The number of phenols is 1. The summed E-state index contributed by atoms with van der Waals surface area (Å²) < 4.78 is 0. The maximum Gasteiger partial charge on any atom is 0.120 e. The molecule has 0 aromatic heterocycles. The normalized spacial score (nSPS) is 27.0. The van der Waals surface area contributed by atoms with Gasteiger partial charge in [-0.05, 0) is 61.8 Å². The maximum atomic E-state index is 10.1. The van der Waals surface area contributed by atoms with Gasteiger partial charge in [-0.25, -0.2) is 0 Å². The van der Waals surface area contributed by atoms with Crippen molar-refractivity contribution in [2.45, 2.75) is 51.5 Å². The van der Waals surface area contributed by atoms with Gasteiger partial charge in [0.05, 0.1) is 0 Å². The molecule has 2 N–H and O–H groups in total. The molecule has 1 saturated carbocycles. The summed E-state index contributed by atoms with van der Waals surface area (Å²) in [4.78, 5) is 0. The van der Waals surface area contributed by atoms with Crippen LogP contribution in [0.15, 0.2) is 12.1 Å². The van der Waals surface area contributed by atoms with E-state index in [9.17, 15) is 5.11 Å². The van der Waals surface area contributed by atoms with Crippen LogP contribution in [0.2, 0.25) is 0 Å². The number of fused-ring (bicyclic) bond motifs is 1. The molecule has 0 radical (unpaired) electrons. The van der Waals surface area contributed by atoms with Gasteiger partial charge in [-0.15, -0.1) is 0 Å². The fourth-order valence-electron chi connectivity index (χ4n) is 3.53. The second-order valence-electron chi connectivity index (χ2n) is 6.12. The first-order valence-electron chi connectivity index (χ1n) is 7.22. The lowest BCUT2D eigenvalue weighted by Crippen LogP contribution is -2.29. The van der Waals surface area contributed by atoms with Crippen LogP contribution in [0.25, 0.3) is 0 Å². The van der Waals surface area contributed by atoms with Crippen LogP contribution in [0.4, 0.5) is 0 Å². The Morgan fingerprint density at radius 1 is 1.28 bits per heavy atom. The van der Waals surface area contributed by atoms with E-state index in [1.54, 1.807) is 0 Å². The Kier molecular flexibility index (Phi) is 3.06. The van der Waals surface area contributed by atoms with Crippen molar-refractivity contribution in [2.75, 3.05) is 6.54 Å². The van der Waals surface area contributed by atoms with E-state index in [4.69, 9.17) is 0 Å². The van der Waals surface area contributed by atoms with Gasteiger partial charge in [0.2, 0.25) is 0 Å². The predicted octanol–water partition coefficient (Wildman–Crippen LogP) is 3.64. The fourth-order valence-corrected chi connectivity index (χ4v) is 3.53. The molecule has 1 fully saturated rings. The quantitative estimate of drug-likeness (QED) is 0.852. The number of hydrogen-bond donors (Lipinski definition) is 2. The molecular weight excluding hydrogens is 222 g/mol. The van der Waals surface area contributed by atoms with E-state index in [1.807, 2.05) is 12.1 Å². The van der Waals surface area contributed by atoms with Crippen molar-refractivity contribution in [2.24, 2.45) is 5.92 Å². The van der Waals surface area contributed by atoms with Gasteiger partial charge in [-0.3, -0.25) is 0 Å². The summed E-state index contributed by atoms with van der Waals surface area (Å²) >= 11 is 0. The van der Waals surface area contributed by atoms with Crippen molar-refractivity contribution < 1.29 is 5.11 Å². The van der Waals surface area contributed by atoms with Gasteiger partial charge in [-0.1, -0.05) is 19.4 Å². The molecule has 0 amide bonds. The van der Waals surface area contributed by atoms with Gasteiger partial charge in [0.25, 0.3) is 0 Å². The maximum absolute atomic E-state index is 10.1. The van der Waals surface area contributed by atoms with Crippen molar-refractivity contribution in [3.63, 3.8) is 0 Å². The van der Waals surface area contributed by atoms with Crippen LogP contribution in [0.3, 0.4) is 0 Å². The number of rotatable bonds is 3. The monoisotopic (exact) mass is 245 g/mol. The highest BCUT2D eigenvalue weighted by Gasteiger charge is 2.32. The van der Waals surface area contributed by atoms with E-state index >= 15 is 0 Å². The molecular formula is C16H23NO. The molecule has 2 atom stereocenters. The second-order valence-corrected chi connectivity index (χ2v) is 6.12. The third-order valence-corrected chi connectivity index (χ3v) is 4.79. The minimum absolute atomic E-state index is 0.357. The van der Waals surface area contributed by atoms with Crippen molar-refractivity contribution in [1.29, 1.82) is 0 Å². The number of aromatic hydroxyl groups is 1. The van der Waals surface area contributed by atoms with Gasteiger partial charge in [0.1, 0.15) is 5.75 Å². The van der Waals surface area contributed by atoms with Crippen molar-refractivity contribution in [3.8, 4) is 5.75 Å². The SMILES string of the molecule is Cc1ccc(O)c2c1C(C)CC2NCC1CCC1. The molecule has 2 heteroatoms. The molecule has 2 aliphatic carbocycles. The molecule has 0 aliphatic heterocycles. The zero-order valence-electron chi connectivity index (χ0n) is 11.4. The number of benzene rings is 1. The lowest BCUT2D eigenvalue weighted by molar-refractivity contribution is 0.286. The van der Waals surface area contributed by atoms with Crippen LogP contribution in [0.5, 0.6) is 5.75 Å². The number of nitrogens with one attached hydrogen (secondary N) is 1. The Morgan fingerprint density at radius 3 is 2.72 bits per heavy atom. The Labute approximate surface area is 109 Å². The topological polar surface area (TPSA) is 32.3 Å². The van der Waals surface area contributed by atoms with Crippen molar-refractivity contribution in [3.05, 3.63) is 28.8 Å². The Bertz CT molecular complexity index is 451. The van der Waals surface area contributed by atoms with Crippen LogP contribution in [0, 0.1) is 12.8 Å². The molecule has 0 heterocycles. The molecule has 3 rings (SSSR count). The smallest absolute Gasteiger partial charge is 0.120 e. The predicted molar refractivity (Wildman–Crippen MR) is 74.0 cm³/mol. The lowest BCUT2D eigenvalue weighted by Gasteiger charge is -2.27. The average molecular weight is 245 g/mol. The summed E-state index contributed by atoms with van der Waals surface area (Å²) in [5.74, 6) is 1.91. The zero-order chi connectivity index (χ0) is 12.7. The second kappa shape index (κ2) is 4.58. The fraction of sp³-hybridized carbons (Fsp3) is 0.625. The van der Waals surface area contributed by atoms with Gasteiger partial charge in [0, 0.05) is 11.6 Å². The molecule has 0 bridgehead atoms. The minimum Gasteiger partial charge on any atom is -0.508 e. The largest absolute Gasteiger partial charge is 0.508 e. The first-order chi connectivity index (χ1) is 8.66. The van der Waals surface area contributed by atoms with E-state index in [1.165, 1.54) is 36.0 Å². The first kappa shape index (κ1) is 12.0. The van der Waals surface area contributed by atoms with E-state index in [2.05, 4.69) is 19.2 Å². The summed E-state index contributed by atoms with van der Waals surface area (Å²) in [5, 5.41) is 13.8. The van der Waals surface area contributed by atoms with Crippen LogP contribution >= 0.6 is 0 Å². The highest BCUT2D eigenvalue weighted by atomic mass is 16.3. The Balaban J connectivity index is 1.81. The number of hydrogen-bond acceptors (Lipinski definition) is 2. The summed E-state index contributed by atoms with van der Waals surface area (Å²) in [7, 11) is 0. The summed E-state index contributed by atoms with van der Waals surface area (Å²) in [5.41, 5.74) is 3.87. The summed E-state index contributed by atoms with van der Waals surface area (Å²) in [6, 6.07) is 4.25. The van der Waals surface area contributed by atoms with Gasteiger partial charge in [-0.2, -0.15) is 0 Å². The highest BCUT2D eigenvalue weighted by molar-refractivity contribution is 5.50. The molecule has 2 unspecified atom stereocenters. The van der Waals surface area contributed by atoms with Crippen LogP contribution < -0.4 is 5.32 Å². The third-order valence-electron chi connectivity index (χ3n) is 4.79. The molecule has 0 saturated heterocycles. The Morgan fingerprint density at radius 2 is 2.06 bits per heavy atom. The zero-order valence-corrected chi connectivity index (χ0v) is 11.4. The first-order valence-corrected chi connectivity index (χ1v) is 7.22. The molecule has 18 heavy (non-hydrogen) atoms. The number of aryl methyl sites for hydroxylation is 1. The molecule has 2 aliphatic rings. The molecule has 0 spiro atoms. The van der Waals surface area contributed by atoms with E-state index in [0.29, 0.717) is 17.7 Å². The van der Waals surface area contributed by atoms with Crippen LogP contribution in [0.1, 0.15) is 61.3 Å². The standard InChI is InChI=1S/C16H23NO/c1-10-6-7-14(18)16-13(8-11(2)15(10)16)17-9-12-4-3-5-12/h6-7,11-13,17-18H,3-5,8-9H2,1-2H3.